The average Bonchev–Trinajstić information content (AvgIpc) is 2.76. The fraction of sp³-hybridized carbons (Fsp3) is 0.667. The van der Waals surface area contributed by atoms with Gasteiger partial charge in [-0.1, -0.05) is 39.0 Å². The van der Waals surface area contributed by atoms with E-state index >= 15 is 0 Å². The van der Waals surface area contributed by atoms with Crippen LogP contribution in [0.1, 0.15) is 39.1 Å². The molecule has 0 radical (unpaired) electrons. The van der Waals surface area contributed by atoms with E-state index < -0.39 is 0 Å². The Kier molecular flexibility index (Phi) is 8.58. The van der Waals surface area contributed by atoms with Crippen molar-refractivity contribution in [2.75, 3.05) is 27.7 Å². The molecule has 0 N–H and O–H groups in total. The summed E-state index contributed by atoms with van der Waals surface area (Å²) in [5, 5.41) is 5.27. The summed E-state index contributed by atoms with van der Waals surface area (Å²) in [4.78, 5) is 4.14. The van der Waals surface area contributed by atoms with Gasteiger partial charge in [0.2, 0.25) is 0 Å². The second-order valence-corrected chi connectivity index (χ2v) is 4.97. The maximum absolute atomic E-state index is 6.45. The highest BCUT2D eigenvalue weighted by atomic mass is 35.5. The second-order valence-electron chi connectivity index (χ2n) is 4.60. The van der Waals surface area contributed by atoms with Crippen LogP contribution in [0.4, 0.5) is 0 Å². The minimum atomic E-state index is 0.718. The van der Waals surface area contributed by atoms with Crippen LogP contribution in [0.25, 0.3) is 5.70 Å². The molecule has 0 saturated heterocycles. The molecule has 5 heteroatoms. The maximum Gasteiger partial charge on any atom is 0.127 e. The van der Waals surface area contributed by atoms with Crippen LogP contribution in [0.2, 0.25) is 5.02 Å². The van der Waals surface area contributed by atoms with E-state index in [1.165, 1.54) is 0 Å². The van der Waals surface area contributed by atoms with E-state index in [0.717, 1.165) is 41.7 Å². The topological polar surface area (TPSA) is 24.3 Å². The third-order valence-corrected chi connectivity index (χ3v) is 3.46. The van der Waals surface area contributed by atoms with Crippen molar-refractivity contribution in [3.05, 3.63) is 23.0 Å². The highest BCUT2D eigenvalue weighted by Crippen LogP contribution is 2.27. The van der Waals surface area contributed by atoms with Gasteiger partial charge in [-0.3, -0.25) is 4.68 Å². The van der Waals surface area contributed by atoms with Gasteiger partial charge in [-0.05, 0) is 20.5 Å². The highest BCUT2D eigenvalue weighted by Gasteiger charge is 2.19. The zero-order valence-electron chi connectivity index (χ0n) is 14.0. The summed E-state index contributed by atoms with van der Waals surface area (Å²) in [6, 6.07) is 0. The molecular weight excluding hydrogens is 272 g/mol. The first-order chi connectivity index (χ1) is 9.42. The fourth-order valence-corrected chi connectivity index (χ4v) is 1.96. The van der Waals surface area contributed by atoms with E-state index in [0.29, 0.717) is 0 Å². The molecule has 0 fully saturated rings. The number of hydrogen-bond donors (Lipinski definition) is 0. The van der Waals surface area contributed by atoms with Crippen LogP contribution in [-0.4, -0.2) is 47.3 Å². The number of nitrogens with zero attached hydrogens (tertiary/aromatic N) is 4. The first kappa shape index (κ1) is 19.0. The Labute approximate surface area is 129 Å². The molecule has 0 aliphatic rings. The summed E-state index contributed by atoms with van der Waals surface area (Å²) in [6.45, 7) is 14.8. The molecular formula is C15H29ClN4. The Bertz CT molecular complexity index is 424. The van der Waals surface area contributed by atoms with Crippen LogP contribution in [0.3, 0.4) is 0 Å². The molecule has 0 aliphatic heterocycles. The van der Waals surface area contributed by atoms with E-state index in [2.05, 4.69) is 37.5 Å². The number of aryl methyl sites for hydroxylation is 1. The van der Waals surface area contributed by atoms with Crippen LogP contribution >= 0.6 is 11.6 Å². The van der Waals surface area contributed by atoms with Crippen molar-refractivity contribution >= 4 is 17.3 Å². The van der Waals surface area contributed by atoms with Gasteiger partial charge in [-0.15, -0.1) is 0 Å². The lowest BCUT2D eigenvalue weighted by molar-refractivity contribution is 0.332. The van der Waals surface area contributed by atoms with Gasteiger partial charge in [0.05, 0.1) is 16.4 Å². The molecule has 0 saturated carbocycles. The summed E-state index contributed by atoms with van der Waals surface area (Å²) in [5.41, 5.74) is 2.68. The van der Waals surface area contributed by atoms with Gasteiger partial charge in [0.1, 0.15) is 5.69 Å². The Morgan fingerprint density at radius 1 is 1.25 bits per heavy atom. The van der Waals surface area contributed by atoms with E-state index in [9.17, 15) is 0 Å². The average molecular weight is 301 g/mol. The van der Waals surface area contributed by atoms with Crippen molar-refractivity contribution in [2.24, 2.45) is 0 Å². The number of rotatable bonds is 6. The lowest BCUT2D eigenvalue weighted by Crippen LogP contribution is -2.19. The van der Waals surface area contributed by atoms with Gasteiger partial charge in [-0.25, -0.2) is 0 Å². The molecule has 0 aliphatic carbocycles. The van der Waals surface area contributed by atoms with Gasteiger partial charge < -0.3 is 9.80 Å². The van der Waals surface area contributed by atoms with Crippen LogP contribution in [0.5, 0.6) is 0 Å². The van der Waals surface area contributed by atoms with E-state index in [4.69, 9.17) is 11.6 Å². The molecule has 20 heavy (non-hydrogen) atoms. The zero-order chi connectivity index (χ0) is 15.9. The number of aromatic nitrogens is 2. The van der Waals surface area contributed by atoms with Gasteiger partial charge in [0.15, 0.2) is 0 Å². The smallest absolute Gasteiger partial charge is 0.127 e. The molecule has 1 aromatic heterocycles. The molecule has 0 unspecified atom stereocenters. The molecule has 1 aromatic rings. The molecule has 4 nitrogen and oxygen atoms in total. The Morgan fingerprint density at radius 3 is 2.20 bits per heavy atom. The van der Waals surface area contributed by atoms with Crippen LogP contribution < -0.4 is 0 Å². The SMILES string of the molecule is C=C(c1nn(CC)c(CN(C)CC)c1Cl)N(C)C.CC. The van der Waals surface area contributed by atoms with Crippen LogP contribution in [0.15, 0.2) is 6.58 Å². The molecule has 116 valence electrons. The quantitative estimate of drug-likeness (QED) is 0.803. The monoisotopic (exact) mass is 300 g/mol. The Hall–Kier alpha value is -1.00. The lowest BCUT2D eigenvalue weighted by atomic mass is 10.2. The predicted molar refractivity (Wildman–Crippen MR) is 89.0 cm³/mol. The summed E-state index contributed by atoms with van der Waals surface area (Å²) >= 11 is 6.45. The van der Waals surface area contributed by atoms with Gasteiger partial charge in [0.25, 0.3) is 0 Å². The number of halogens is 1. The van der Waals surface area contributed by atoms with Crippen molar-refractivity contribution in [3.8, 4) is 0 Å². The van der Waals surface area contributed by atoms with E-state index in [1.54, 1.807) is 0 Å². The van der Waals surface area contributed by atoms with Crippen LogP contribution in [-0.2, 0) is 13.1 Å². The van der Waals surface area contributed by atoms with Crippen molar-refractivity contribution in [3.63, 3.8) is 0 Å². The summed E-state index contributed by atoms with van der Waals surface area (Å²) < 4.78 is 1.96. The second kappa shape index (κ2) is 9.03. The summed E-state index contributed by atoms with van der Waals surface area (Å²) in [5.74, 6) is 0. The number of hydrogen-bond acceptors (Lipinski definition) is 3. The summed E-state index contributed by atoms with van der Waals surface area (Å²) in [7, 11) is 5.96. The molecule has 1 rings (SSSR count). The standard InChI is InChI=1S/C13H23ClN4.C2H6/c1-7-17(6)9-11-12(14)13(10(3)16(4)5)15-18(11)8-2;1-2/h3,7-9H2,1-2,4-6H3;1-2H3. The molecule has 0 atom stereocenters. The maximum atomic E-state index is 6.45. The van der Waals surface area contributed by atoms with Gasteiger partial charge in [0, 0.05) is 27.2 Å². The van der Waals surface area contributed by atoms with E-state index in [-0.39, 0.29) is 0 Å². The first-order valence-corrected chi connectivity index (χ1v) is 7.60. The third-order valence-electron chi connectivity index (χ3n) is 3.07. The predicted octanol–water partition coefficient (Wildman–Crippen LogP) is 3.57. The Balaban J connectivity index is 0.00000172. The first-order valence-electron chi connectivity index (χ1n) is 7.22. The van der Waals surface area contributed by atoms with Crippen molar-refractivity contribution in [1.82, 2.24) is 19.6 Å². The minimum absolute atomic E-state index is 0.718. The minimum Gasteiger partial charge on any atom is -0.376 e. The lowest BCUT2D eigenvalue weighted by Gasteiger charge is -2.15. The normalized spacial score (nSPS) is 10.2. The van der Waals surface area contributed by atoms with Gasteiger partial charge >= 0.3 is 0 Å². The largest absolute Gasteiger partial charge is 0.376 e. The Morgan fingerprint density at radius 2 is 1.80 bits per heavy atom. The van der Waals surface area contributed by atoms with Crippen molar-refractivity contribution in [1.29, 1.82) is 0 Å². The molecule has 0 bridgehead atoms. The van der Waals surface area contributed by atoms with Crippen LogP contribution in [0, 0.1) is 0 Å². The molecule has 0 aromatic carbocycles. The summed E-state index contributed by atoms with van der Waals surface area (Å²) in [6.07, 6.45) is 0. The van der Waals surface area contributed by atoms with E-state index in [1.807, 2.05) is 37.5 Å². The fourth-order valence-electron chi connectivity index (χ4n) is 1.65. The van der Waals surface area contributed by atoms with Gasteiger partial charge in [-0.2, -0.15) is 5.10 Å². The zero-order valence-corrected chi connectivity index (χ0v) is 14.8. The van der Waals surface area contributed by atoms with Crippen molar-refractivity contribution in [2.45, 2.75) is 40.8 Å². The molecule has 1 heterocycles. The molecule has 0 amide bonds. The van der Waals surface area contributed by atoms with Crippen molar-refractivity contribution < 1.29 is 0 Å². The molecule has 0 spiro atoms. The third kappa shape index (κ3) is 4.53. The highest BCUT2D eigenvalue weighted by molar-refractivity contribution is 6.32.